The van der Waals surface area contributed by atoms with Gasteiger partial charge in [-0.3, -0.25) is 4.98 Å². The molecule has 2 aromatic rings. The number of nitrogens with zero attached hydrogens (tertiary/aromatic N) is 2. The van der Waals surface area contributed by atoms with Gasteiger partial charge in [0.15, 0.2) is 0 Å². The highest BCUT2D eigenvalue weighted by Gasteiger charge is 2.56. The molecule has 1 N–H and O–H groups in total. The summed E-state index contributed by atoms with van der Waals surface area (Å²) in [7, 11) is 0. The minimum absolute atomic E-state index is 0.570. The average Bonchev–Trinajstić information content (AvgIpc) is 2.79. The van der Waals surface area contributed by atoms with Gasteiger partial charge >= 0.3 is 0 Å². The summed E-state index contributed by atoms with van der Waals surface area (Å²) in [6.45, 7) is 4.20. The predicted molar refractivity (Wildman–Crippen MR) is 67.1 cm³/mol. The molecule has 4 heteroatoms. The van der Waals surface area contributed by atoms with Gasteiger partial charge in [-0.2, -0.15) is 0 Å². The highest BCUT2D eigenvalue weighted by molar-refractivity contribution is 5.65. The van der Waals surface area contributed by atoms with Crippen LogP contribution in [-0.4, -0.2) is 23.2 Å². The van der Waals surface area contributed by atoms with E-state index >= 15 is 0 Å². The van der Waals surface area contributed by atoms with E-state index in [1.807, 2.05) is 31.3 Å². The Kier molecular flexibility index (Phi) is 2.08. The lowest BCUT2D eigenvalue weighted by atomic mass is 10.0. The van der Waals surface area contributed by atoms with Crippen LogP contribution in [0.2, 0.25) is 0 Å². The molecule has 2 fully saturated rings. The van der Waals surface area contributed by atoms with Crippen molar-refractivity contribution >= 4 is 0 Å². The minimum atomic E-state index is 0.570. The number of hydrogen-bond donors (Lipinski definition) is 1. The molecule has 18 heavy (non-hydrogen) atoms. The van der Waals surface area contributed by atoms with Crippen LogP contribution < -0.4 is 5.32 Å². The molecule has 2 aliphatic rings. The molecular weight excluding hydrogens is 226 g/mol. The topological polar surface area (TPSA) is 51.0 Å². The summed E-state index contributed by atoms with van der Waals surface area (Å²) >= 11 is 0. The number of pyridine rings is 1. The number of rotatable bonds is 2. The molecule has 92 valence electrons. The van der Waals surface area contributed by atoms with Crippen molar-refractivity contribution in [1.29, 1.82) is 0 Å². The number of nitrogens with one attached hydrogen (secondary N) is 1. The molecule has 4 nitrogen and oxygen atoms in total. The van der Waals surface area contributed by atoms with E-state index < -0.39 is 0 Å². The molecular formula is C14H15N3O. The maximum Gasteiger partial charge on any atom is 0.143 e. The van der Waals surface area contributed by atoms with Crippen LogP contribution in [0.1, 0.15) is 17.4 Å². The summed E-state index contributed by atoms with van der Waals surface area (Å²) in [5.41, 5.74) is 3.20. The zero-order chi connectivity index (χ0) is 12.1. The van der Waals surface area contributed by atoms with Gasteiger partial charge in [-0.25, -0.2) is 0 Å². The Morgan fingerprint density at radius 2 is 2.11 bits per heavy atom. The Labute approximate surface area is 105 Å². The number of fused-ring (bicyclic) bond motifs is 1. The molecule has 4 rings (SSSR count). The van der Waals surface area contributed by atoms with Gasteiger partial charge in [-0.05, 0) is 44.0 Å². The first kappa shape index (κ1) is 10.3. The number of piperidine rings is 1. The molecule has 1 saturated carbocycles. The second kappa shape index (κ2) is 3.65. The van der Waals surface area contributed by atoms with E-state index in [1.165, 1.54) is 0 Å². The van der Waals surface area contributed by atoms with E-state index in [0.29, 0.717) is 5.92 Å². The lowest BCUT2D eigenvalue weighted by Gasteiger charge is -2.04. The van der Waals surface area contributed by atoms with Crippen molar-refractivity contribution in [2.75, 3.05) is 13.1 Å². The van der Waals surface area contributed by atoms with Crippen LogP contribution in [0.3, 0.4) is 0 Å². The van der Waals surface area contributed by atoms with Gasteiger partial charge in [0.2, 0.25) is 0 Å². The largest absolute Gasteiger partial charge is 0.361 e. The molecule has 3 heterocycles. The maximum absolute atomic E-state index is 5.41. The van der Waals surface area contributed by atoms with Crippen molar-refractivity contribution in [3.05, 3.63) is 35.9 Å². The highest BCUT2D eigenvalue weighted by Crippen LogP contribution is 2.57. The average molecular weight is 241 g/mol. The number of aryl methyl sites for hydroxylation is 1. The summed E-state index contributed by atoms with van der Waals surface area (Å²) in [6.07, 6.45) is 1.82. The van der Waals surface area contributed by atoms with E-state index in [0.717, 1.165) is 47.6 Å². The third-order valence-corrected chi connectivity index (χ3v) is 4.22. The fraction of sp³-hybridized carbons (Fsp3) is 0.429. The zero-order valence-corrected chi connectivity index (χ0v) is 10.3. The first-order valence-electron chi connectivity index (χ1n) is 6.44. The third kappa shape index (κ3) is 1.35. The predicted octanol–water partition coefficient (Wildman–Crippen LogP) is 1.98. The maximum atomic E-state index is 5.41. The fourth-order valence-corrected chi connectivity index (χ4v) is 3.26. The van der Waals surface area contributed by atoms with Crippen LogP contribution in [-0.2, 0) is 0 Å². The zero-order valence-electron chi connectivity index (χ0n) is 10.3. The quantitative estimate of drug-likeness (QED) is 0.873. The molecule has 0 bridgehead atoms. The van der Waals surface area contributed by atoms with Gasteiger partial charge in [0.25, 0.3) is 0 Å². The molecule has 0 amide bonds. The lowest BCUT2D eigenvalue weighted by molar-refractivity contribution is 0.388. The molecule has 0 spiro atoms. The summed E-state index contributed by atoms with van der Waals surface area (Å²) in [6, 6.07) is 5.97. The Hall–Kier alpha value is -1.68. The molecule has 2 unspecified atom stereocenters. The van der Waals surface area contributed by atoms with E-state index in [-0.39, 0.29) is 0 Å². The molecule has 2 aromatic heterocycles. The van der Waals surface area contributed by atoms with Crippen LogP contribution in [0.5, 0.6) is 0 Å². The Morgan fingerprint density at radius 1 is 1.28 bits per heavy atom. The van der Waals surface area contributed by atoms with Gasteiger partial charge in [-0.1, -0.05) is 11.2 Å². The number of hydrogen-bond acceptors (Lipinski definition) is 4. The Bertz CT molecular complexity index is 568. The van der Waals surface area contributed by atoms with Gasteiger partial charge in [0.05, 0.1) is 17.0 Å². The summed E-state index contributed by atoms with van der Waals surface area (Å²) in [4.78, 5) is 4.43. The van der Waals surface area contributed by atoms with Crippen LogP contribution in [0.25, 0.3) is 11.3 Å². The minimum Gasteiger partial charge on any atom is -0.361 e. The standard InChI is InChI=1S/C14H15N3O/c1-8-12(11-4-2-3-5-16-11)14(17-18-8)13-9-6-15-7-10(9)13/h2-5,9-10,13,15H,6-7H2,1H3. The van der Waals surface area contributed by atoms with Crippen LogP contribution in [0, 0.1) is 18.8 Å². The first-order valence-corrected chi connectivity index (χ1v) is 6.44. The summed E-state index contributed by atoms with van der Waals surface area (Å²) in [5.74, 6) is 2.94. The highest BCUT2D eigenvalue weighted by atomic mass is 16.5. The van der Waals surface area contributed by atoms with Gasteiger partial charge in [0.1, 0.15) is 5.76 Å². The van der Waals surface area contributed by atoms with Gasteiger partial charge in [0, 0.05) is 12.1 Å². The molecule has 1 aliphatic carbocycles. The third-order valence-electron chi connectivity index (χ3n) is 4.22. The van der Waals surface area contributed by atoms with Gasteiger partial charge < -0.3 is 9.84 Å². The summed E-state index contributed by atoms with van der Waals surface area (Å²) in [5, 5.41) is 7.71. The molecule has 2 atom stereocenters. The molecule has 1 saturated heterocycles. The van der Waals surface area contributed by atoms with Crippen LogP contribution >= 0.6 is 0 Å². The lowest BCUT2D eigenvalue weighted by Crippen LogP contribution is -2.14. The second-order valence-electron chi connectivity index (χ2n) is 5.23. The van der Waals surface area contributed by atoms with Crippen molar-refractivity contribution < 1.29 is 4.52 Å². The fourth-order valence-electron chi connectivity index (χ4n) is 3.26. The SMILES string of the molecule is Cc1onc(C2C3CNCC32)c1-c1ccccn1. The Morgan fingerprint density at radius 3 is 2.83 bits per heavy atom. The first-order chi connectivity index (χ1) is 8.86. The van der Waals surface area contributed by atoms with Crippen molar-refractivity contribution in [2.24, 2.45) is 11.8 Å². The normalized spacial score (nSPS) is 29.3. The van der Waals surface area contributed by atoms with Gasteiger partial charge in [-0.15, -0.1) is 0 Å². The van der Waals surface area contributed by atoms with Crippen LogP contribution in [0.4, 0.5) is 0 Å². The monoisotopic (exact) mass is 241 g/mol. The molecule has 1 aliphatic heterocycles. The van der Waals surface area contributed by atoms with E-state index in [2.05, 4.69) is 15.5 Å². The van der Waals surface area contributed by atoms with Crippen molar-refractivity contribution in [3.63, 3.8) is 0 Å². The van der Waals surface area contributed by atoms with Crippen LogP contribution in [0.15, 0.2) is 28.9 Å². The second-order valence-corrected chi connectivity index (χ2v) is 5.23. The number of aromatic nitrogens is 2. The van der Waals surface area contributed by atoms with E-state index in [9.17, 15) is 0 Å². The van der Waals surface area contributed by atoms with E-state index in [1.54, 1.807) is 0 Å². The summed E-state index contributed by atoms with van der Waals surface area (Å²) < 4.78 is 5.41. The molecule has 0 aromatic carbocycles. The Balaban J connectivity index is 1.77. The van der Waals surface area contributed by atoms with E-state index in [4.69, 9.17) is 4.52 Å². The van der Waals surface area contributed by atoms with Crippen molar-refractivity contribution in [1.82, 2.24) is 15.5 Å². The molecule has 0 radical (unpaired) electrons. The van der Waals surface area contributed by atoms with Crippen molar-refractivity contribution in [2.45, 2.75) is 12.8 Å². The smallest absolute Gasteiger partial charge is 0.143 e. The van der Waals surface area contributed by atoms with Crippen molar-refractivity contribution in [3.8, 4) is 11.3 Å².